The van der Waals surface area contributed by atoms with Gasteiger partial charge in [0.15, 0.2) is 0 Å². The fourth-order valence-electron chi connectivity index (χ4n) is 0.996. The van der Waals surface area contributed by atoms with Crippen LogP contribution >= 0.6 is 22.9 Å². The second-order valence-corrected chi connectivity index (χ2v) is 4.06. The molecule has 12 heavy (non-hydrogen) atoms. The molecule has 0 aliphatic heterocycles. The van der Waals surface area contributed by atoms with Crippen LogP contribution in [0.3, 0.4) is 0 Å². The van der Waals surface area contributed by atoms with E-state index in [9.17, 15) is 0 Å². The first-order valence-corrected chi connectivity index (χ1v) is 5.29. The largest absolute Gasteiger partial charge is 0.318 e. The third-order valence-corrected chi connectivity index (χ3v) is 3.16. The maximum atomic E-state index is 5.96. The summed E-state index contributed by atoms with van der Waals surface area (Å²) >= 11 is 3.11. The lowest BCUT2D eigenvalue weighted by atomic mass is 10.2. The Morgan fingerprint density at radius 1 is 1.33 bits per heavy atom. The van der Waals surface area contributed by atoms with Crippen molar-refractivity contribution in [3.63, 3.8) is 0 Å². The molecule has 0 fully saturated rings. The smallest absolute Gasteiger partial charge is 0.0830 e. The van der Waals surface area contributed by atoms with E-state index in [0.29, 0.717) is 0 Å². The molecular formula is C8H8N2S2. The van der Waals surface area contributed by atoms with E-state index in [1.54, 1.807) is 11.3 Å². The van der Waals surface area contributed by atoms with Crippen LogP contribution in [-0.4, -0.2) is 4.37 Å². The van der Waals surface area contributed by atoms with E-state index in [-0.39, 0.29) is 6.04 Å². The molecule has 2 aromatic rings. The average Bonchev–Trinajstić information content (AvgIpc) is 2.77. The molecule has 2 rings (SSSR count). The van der Waals surface area contributed by atoms with Gasteiger partial charge in [0.25, 0.3) is 0 Å². The van der Waals surface area contributed by atoms with Gasteiger partial charge < -0.3 is 5.73 Å². The predicted molar refractivity (Wildman–Crippen MR) is 52.5 cm³/mol. The second kappa shape index (κ2) is 3.35. The Morgan fingerprint density at radius 3 is 2.83 bits per heavy atom. The standard InChI is InChI=1S/C8H8N2S2/c9-8(6-3-5-12-10-6)7-2-1-4-11-7/h1-5,8H,9H2. The molecule has 0 aliphatic rings. The van der Waals surface area contributed by atoms with Gasteiger partial charge in [-0.05, 0) is 29.0 Å². The Kier molecular flexibility index (Phi) is 2.21. The predicted octanol–water partition coefficient (Wildman–Crippen LogP) is 2.25. The van der Waals surface area contributed by atoms with Gasteiger partial charge in [0.05, 0.1) is 11.7 Å². The van der Waals surface area contributed by atoms with E-state index in [0.717, 1.165) is 5.69 Å². The number of hydrogen-bond acceptors (Lipinski definition) is 4. The number of thiophene rings is 1. The zero-order valence-electron chi connectivity index (χ0n) is 6.31. The normalized spacial score (nSPS) is 13.1. The summed E-state index contributed by atoms with van der Waals surface area (Å²) in [6.45, 7) is 0. The first-order chi connectivity index (χ1) is 5.88. The number of aromatic nitrogens is 1. The van der Waals surface area contributed by atoms with Gasteiger partial charge in [0, 0.05) is 10.3 Å². The van der Waals surface area contributed by atoms with Crippen molar-refractivity contribution in [3.8, 4) is 0 Å². The third-order valence-electron chi connectivity index (χ3n) is 1.63. The molecule has 2 heterocycles. The molecule has 0 bridgehead atoms. The maximum Gasteiger partial charge on any atom is 0.0830 e. The van der Waals surface area contributed by atoms with Crippen LogP contribution in [0.1, 0.15) is 16.6 Å². The zero-order valence-corrected chi connectivity index (χ0v) is 7.94. The van der Waals surface area contributed by atoms with Gasteiger partial charge in [-0.1, -0.05) is 6.07 Å². The van der Waals surface area contributed by atoms with Crippen LogP contribution in [0.5, 0.6) is 0 Å². The quantitative estimate of drug-likeness (QED) is 0.800. The summed E-state index contributed by atoms with van der Waals surface area (Å²) < 4.78 is 4.20. The van der Waals surface area contributed by atoms with Gasteiger partial charge >= 0.3 is 0 Å². The molecule has 0 saturated heterocycles. The molecule has 4 heteroatoms. The number of nitrogens with zero attached hydrogens (tertiary/aromatic N) is 1. The third kappa shape index (κ3) is 1.41. The molecular weight excluding hydrogens is 188 g/mol. The van der Waals surface area contributed by atoms with E-state index in [1.807, 2.05) is 29.0 Å². The number of rotatable bonds is 2. The van der Waals surface area contributed by atoms with Crippen molar-refractivity contribution in [1.82, 2.24) is 4.37 Å². The van der Waals surface area contributed by atoms with Crippen molar-refractivity contribution < 1.29 is 0 Å². The first kappa shape index (κ1) is 7.91. The highest BCUT2D eigenvalue weighted by Gasteiger charge is 2.10. The van der Waals surface area contributed by atoms with Crippen molar-refractivity contribution in [2.24, 2.45) is 5.73 Å². The van der Waals surface area contributed by atoms with Crippen LogP contribution in [0.2, 0.25) is 0 Å². The average molecular weight is 196 g/mol. The molecule has 0 aliphatic carbocycles. The van der Waals surface area contributed by atoms with E-state index < -0.39 is 0 Å². The second-order valence-electron chi connectivity index (χ2n) is 2.42. The molecule has 62 valence electrons. The highest BCUT2D eigenvalue weighted by atomic mass is 32.1. The van der Waals surface area contributed by atoms with Crippen LogP contribution in [0.15, 0.2) is 29.0 Å². The zero-order chi connectivity index (χ0) is 8.39. The van der Waals surface area contributed by atoms with E-state index >= 15 is 0 Å². The fraction of sp³-hybridized carbons (Fsp3) is 0.125. The van der Waals surface area contributed by atoms with Crippen LogP contribution in [-0.2, 0) is 0 Å². The summed E-state index contributed by atoms with van der Waals surface area (Å²) in [7, 11) is 0. The molecule has 1 unspecified atom stereocenters. The minimum absolute atomic E-state index is 0.0451. The van der Waals surface area contributed by atoms with Crippen LogP contribution in [0.25, 0.3) is 0 Å². The van der Waals surface area contributed by atoms with E-state index in [4.69, 9.17) is 5.73 Å². The van der Waals surface area contributed by atoms with Gasteiger partial charge in [-0.25, -0.2) is 0 Å². The molecule has 2 N–H and O–H groups in total. The van der Waals surface area contributed by atoms with Gasteiger partial charge in [-0.2, -0.15) is 4.37 Å². The highest BCUT2D eigenvalue weighted by Crippen LogP contribution is 2.22. The van der Waals surface area contributed by atoms with Crippen molar-refractivity contribution in [2.45, 2.75) is 6.04 Å². The van der Waals surface area contributed by atoms with Crippen molar-refractivity contribution in [3.05, 3.63) is 39.5 Å². The summed E-state index contributed by atoms with van der Waals surface area (Å²) in [6, 6.07) is 5.96. The van der Waals surface area contributed by atoms with Crippen LogP contribution < -0.4 is 5.73 Å². The van der Waals surface area contributed by atoms with Gasteiger partial charge in [-0.3, -0.25) is 0 Å². The molecule has 2 aromatic heterocycles. The Morgan fingerprint density at radius 2 is 2.25 bits per heavy atom. The minimum Gasteiger partial charge on any atom is -0.318 e. The molecule has 0 radical (unpaired) electrons. The lowest BCUT2D eigenvalue weighted by Crippen LogP contribution is -2.09. The summed E-state index contributed by atoms with van der Waals surface area (Å²) in [4.78, 5) is 1.17. The van der Waals surface area contributed by atoms with Crippen molar-refractivity contribution in [2.75, 3.05) is 0 Å². The summed E-state index contributed by atoms with van der Waals surface area (Å²) in [5.74, 6) is 0. The number of hydrogen-bond donors (Lipinski definition) is 1. The highest BCUT2D eigenvalue weighted by molar-refractivity contribution is 7.10. The first-order valence-electron chi connectivity index (χ1n) is 3.57. The van der Waals surface area contributed by atoms with Gasteiger partial charge in [-0.15, -0.1) is 11.3 Å². The Balaban J connectivity index is 2.27. The topological polar surface area (TPSA) is 38.9 Å². The lowest BCUT2D eigenvalue weighted by molar-refractivity contribution is 0.866. The van der Waals surface area contributed by atoms with Gasteiger partial charge in [0.2, 0.25) is 0 Å². The Bertz CT molecular complexity index is 292. The summed E-state index contributed by atoms with van der Waals surface area (Å²) in [5, 5.41) is 3.98. The number of nitrogens with two attached hydrogens (primary N) is 1. The van der Waals surface area contributed by atoms with Crippen LogP contribution in [0, 0.1) is 0 Å². The fourth-order valence-corrected chi connectivity index (χ4v) is 2.29. The van der Waals surface area contributed by atoms with Crippen molar-refractivity contribution >= 4 is 22.9 Å². The SMILES string of the molecule is NC(c1ccsn1)c1cccs1. The molecule has 2 nitrogen and oxygen atoms in total. The minimum atomic E-state index is -0.0451. The molecule has 0 saturated carbocycles. The molecule has 0 aromatic carbocycles. The van der Waals surface area contributed by atoms with Gasteiger partial charge in [0.1, 0.15) is 0 Å². The van der Waals surface area contributed by atoms with E-state index in [1.165, 1.54) is 16.4 Å². The monoisotopic (exact) mass is 196 g/mol. The van der Waals surface area contributed by atoms with Crippen LogP contribution in [0.4, 0.5) is 0 Å². The lowest BCUT2D eigenvalue weighted by Gasteiger charge is -2.04. The molecule has 0 spiro atoms. The van der Waals surface area contributed by atoms with E-state index in [2.05, 4.69) is 4.37 Å². The van der Waals surface area contributed by atoms with Crippen molar-refractivity contribution in [1.29, 1.82) is 0 Å². The molecule has 0 amide bonds. The maximum absolute atomic E-state index is 5.96. The Labute approximate surface area is 78.8 Å². The molecule has 1 atom stereocenters. The summed E-state index contributed by atoms with van der Waals surface area (Å²) in [6.07, 6.45) is 0. The summed E-state index contributed by atoms with van der Waals surface area (Å²) in [5.41, 5.74) is 6.92. The Hall–Kier alpha value is -0.710.